The van der Waals surface area contributed by atoms with Crippen molar-refractivity contribution in [1.29, 1.82) is 0 Å². The monoisotopic (exact) mass is 298 g/mol. The molecule has 3 heteroatoms. The Morgan fingerprint density at radius 1 is 1.29 bits per heavy atom. The van der Waals surface area contributed by atoms with Crippen molar-refractivity contribution < 1.29 is 0 Å². The minimum absolute atomic E-state index is 0.323. The molecule has 2 nitrogen and oxygen atoms in total. The zero-order valence-electron chi connectivity index (χ0n) is 12.7. The third kappa shape index (κ3) is 5.01. The van der Waals surface area contributed by atoms with Crippen molar-refractivity contribution in [2.45, 2.75) is 31.6 Å². The van der Waals surface area contributed by atoms with Crippen LogP contribution in [0.2, 0.25) is 0 Å². The minimum Gasteiger partial charge on any atom is -0.286 e. The lowest BCUT2D eigenvalue weighted by molar-refractivity contribution is 0.831. The molecule has 0 bridgehead atoms. The van der Waals surface area contributed by atoms with Crippen LogP contribution in [0.5, 0.6) is 0 Å². The summed E-state index contributed by atoms with van der Waals surface area (Å²) in [5.74, 6) is 0.939. The highest BCUT2D eigenvalue weighted by Gasteiger charge is 2.20. The first-order valence-electron chi connectivity index (χ1n) is 7.30. The summed E-state index contributed by atoms with van der Waals surface area (Å²) in [5.41, 5.74) is 3.29. The van der Waals surface area contributed by atoms with Gasteiger partial charge < -0.3 is 0 Å². The summed E-state index contributed by atoms with van der Waals surface area (Å²) >= 11 is 1.88. The molecule has 0 saturated carbocycles. The van der Waals surface area contributed by atoms with Gasteiger partial charge in [0.15, 0.2) is 0 Å². The quantitative estimate of drug-likeness (QED) is 0.713. The second-order valence-electron chi connectivity index (χ2n) is 5.23. The molecule has 1 aliphatic carbocycles. The highest BCUT2D eigenvalue weighted by molar-refractivity contribution is 8.00. The van der Waals surface area contributed by atoms with Crippen LogP contribution >= 0.6 is 11.8 Å². The van der Waals surface area contributed by atoms with Crippen molar-refractivity contribution in [2.24, 2.45) is 9.98 Å². The predicted molar refractivity (Wildman–Crippen MR) is 96.3 cm³/mol. The molecule has 0 aromatic heterocycles. The van der Waals surface area contributed by atoms with E-state index in [-0.39, 0.29) is 0 Å². The average molecular weight is 298 g/mol. The Kier molecular flexibility index (Phi) is 6.00. The van der Waals surface area contributed by atoms with Gasteiger partial charge in [0.1, 0.15) is 0 Å². The van der Waals surface area contributed by atoms with Crippen LogP contribution in [-0.2, 0) is 0 Å². The molecule has 1 unspecified atom stereocenters. The SMILES string of the molecule is C=CCSC1C/C(=N/c2ccccc2)C=C/C1=N/C(C)C. The summed E-state index contributed by atoms with van der Waals surface area (Å²) in [6.07, 6.45) is 7.09. The van der Waals surface area contributed by atoms with Gasteiger partial charge >= 0.3 is 0 Å². The van der Waals surface area contributed by atoms with Crippen molar-refractivity contribution in [3.8, 4) is 0 Å². The number of rotatable bonds is 5. The normalized spacial score (nSPS) is 22.1. The Hall–Kier alpha value is -1.61. The van der Waals surface area contributed by atoms with E-state index in [1.165, 1.54) is 5.71 Å². The summed E-state index contributed by atoms with van der Waals surface area (Å²) in [6.45, 7) is 8.04. The summed E-state index contributed by atoms with van der Waals surface area (Å²) < 4.78 is 0. The lowest BCUT2D eigenvalue weighted by Gasteiger charge is -2.21. The van der Waals surface area contributed by atoms with Gasteiger partial charge in [-0.3, -0.25) is 9.98 Å². The summed E-state index contributed by atoms with van der Waals surface area (Å²) in [4.78, 5) is 9.46. The standard InChI is InChI=1S/C18H22N2S/c1-4-12-21-18-13-16(10-11-17(18)19-14(2)3)20-15-8-6-5-7-9-15/h4-11,14,18H,1,12-13H2,2-3H3/b19-17-,20-16+. The third-order valence-corrected chi connectivity index (χ3v) is 4.26. The fourth-order valence-electron chi connectivity index (χ4n) is 2.16. The molecule has 1 atom stereocenters. The second-order valence-corrected chi connectivity index (χ2v) is 6.47. The van der Waals surface area contributed by atoms with Crippen molar-refractivity contribution in [1.82, 2.24) is 0 Å². The number of thioether (sulfide) groups is 1. The van der Waals surface area contributed by atoms with Gasteiger partial charge in [-0.2, -0.15) is 0 Å². The smallest absolute Gasteiger partial charge is 0.0632 e. The zero-order chi connectivity index (χ0) is 15.1. The fraction of sp³-hybridized carbons (Fsp3) is 0.333. The van der Waals surface area contributed by atoms with Crippen LogP contribution in [-0.4, -0.2) is 28.5 Å². The van der Waals surface area contributed by atoms with Gasteiger partial charge in [0, 0.05) is 29.6 Å². The van der Waals surface area contributed by atoms with Gasteiger partial charge in [-0.1, -0.05) is 24.3 Å². The highest BCUT2D eigenvalue weighted by atomic mass is 32.2. The van der Waals surface area contributed by atoms with Crippen molar-refractivity contribution >= 4 is 28.9 Å². The van der Waals surface area contributed by atoms with E-state index >= 15 is 0 Å². The average Bonchev–Trinajstić information content (AvgIpc) is 2.48. The number of aliphatic imine (C=N–C) groups is 2. The van der Waals surface area contributed by atoms with E-state index in [1.54, 1.807) is 0 Å². The molecule has 0 heterocycles. The third-order valence-electron chi connectivity index (χ3n) is 3.02. The van der Waals surface area contributed by atoms with E-state index in [1.807, 2.05) is 48.2 Å². The summed E-state index contributed by atoms with van der Waals surface area (Å²) in [6, 6.07) is 10.4. The maximum absolute atomic E-state index is 4.73. The first kappa shape index (κ1) is 15.8. The Labute approximate surface area is 131 Å². The van der Waals surface area contributed by atoms with Crippen LogP contribution in [0.15, 0.2) is 65.1 Å². The second kappa shape index (κ2) is 7.99. The molecule has 0 N–H and O–H groups in total. The molecule has 1 aromatic carbocycles. The lowest BCUT2D eigenvalue weighted by Crippen LogP contribution is -2.24. The van der Waals surface area contributed by atoms with Crippen LogP contribution in [0, 0.1) is 0 Å². The van der Waals surface area contributed by atoms with Crippen LogP contribution < -0.4 is 0 Å². The van der Waals surface area contributed by atoms with Crippen molar-refractivity contribution in [3.05, 3.63) is 55.1 Å². The Morgan fingerprint density at radius 3 is 2.71 bits per heavy atom. The molecule has 0 spiro atoms. The number of benzene rings is 1. The molecule has 0 saturated heterocycles. The Morgan fingerprint density at radius 2 is 2.05 bits per heavy atom. The van der Waals surface area contributed by atoms with E-state index in [0.717, 1.165) is 23.6 Å². The first-order valence-corrected chi connectivity index (χ1v) is 8.35. The van der Waals surface area contributed by atoms with Crippen LogP contribution in [0.3, 0.4) is 0 Å². The van der Waals surface area contributed by atoms with Crippen LogP contribution in [0.1, 0.15) is 20.3 Å². The molecular weight excluding hydrogens is 276 g/mol. The number of hydrogen-bond donors (Lipinski definition) is 0. The lowest BCUT2D eigenvalue weighted by atomic mass is 10.0. The number of para-hydroxylation sites is 1. The Balaban J connectivity index is 2.21. The largest absolute Gasteiger partial charge is 0.286 e. The molecule has 0 amide bonds. The van der Waals surface area contributed by atoms with E-state index in [4.69, 9.17) is 9.98 Å². The van der Waals surface area contributed by atoms with Gasteiger partial charge in [-0.05, 0) is 38.1 Å². The fourth-order valence-corrected chi connectivity index (χ4v) is 3.12. The molecule has 1 aliphatic rings. The topological polar surface area (TPSA) is 24.7 Å². The van der Waals surface area contributed by atoms with Gasteiger partial charge in [-0.15, -0.1) is 18.3 Å². The number of hydrogen-bond acceptors (Lipinski definition) is 3. The maximum atomic E-state index is 4.73. The van der Waals surface area contributed by atoms with Gasteiger partial charge in [0.05, 0.1) is 10.9 Å². The predicted octanol–water partition coefficient (Wildman–Crippen LogP) is 4.86. The molecule has 0 fully saturated rings. The molecule has 21 heavy (non-hydrogen) atoms. The molecule has 0 radical (unpaired) electrons. The summed E-state index contributed by atoms with van der Waals surface area (Å²) in [7, 11) is 0. The maximum Gasteiger partial charge on any atom is 0.0632 e. The molecular formula is C18H22N2S. The number of nitrogens with zero attached hydrogens (tertiary/aromatic N) is 2. The van der Waals surface area contributed by atoms with E-state index < -0.39 is 0 Å². The van der Waals surface area contributed by atoms with Crippen LogP contribution in [0.4, 0.5) is 5.69 Å². The van der Waals surface area contributed by atoms with Gasteiger partial charge in [-0.25, -0.2) is 0 Å². The van der Waals surface area contributed by atoms with Gasteiger partial charge in [0.2, 0.25) is 0 Å². The molecule has 2 rings (SSSR count). The molecule has 110 valence electrons. The highest BCUT2D eigenvalue weighted by Crippen LogP contribution is 2.24. The van der Waals surface area contributed by atoms with Crippen LogP contribution in [0.25, 0.3) is 0 Å². The van der Waals surface area contributed by atoms with E-state index in [0.29, 0.717) is 11.3 Å². The first-order chi connectivity index (χ1) is 10.2. The molecule has 1 aromatic rings. The van der Waals surface area contributed by atoms with Gasteiger partial charge in [0.25, 0.3) is 0 Å². The molecule has 0 aliphatic heterocycles. The van der Waals surface area contributed by atoms with Crippen molar-refractivity contribution in [3.63, 3.8) is 0 Å². The zero-order valence-corrected chi connectivity index (χ0v) is 13.5. The van der Waals surface area contributed by atoms with Crippen molar-refractivity contribution in [2.75, 3.05) is 5.75 Å². The Bertz CT molecular complexity index is 556. The summed E-state index contributed by atoms with van der Waals surface area (Å²) in [5, 5.41) is 0.373. The van der Waals surface area contributed by atoms with E-state index in [9.17, 15) is 0 Å². The van der Waals surface area contributed by atoms with E-state index in [2.05, 4.69) is 32.6 Å². The number of allylic oxidation sites excluding steroid dienone is 2. The minimum atomic E-state index is 0.323.